The van der Waals surface area contributed by atoms with Crippen molar-refractivity contribution in [1.29, 1.82) is 0 Å². The van der Waals surface area contributed by atoms with Crippen LogP contribution in [0.15, 0.2) is 60.7 Å². The summed E-state index contributed by atoms with van der Waals surface area (Å²) >= 11 is 0. The van der Waals surface area contributed by atoms with Gasteiger partial charge in [-0.15, -0.1) is 0 Å². The van der Waals surface area contributed by atoms with Gasteiger partial charge in [-0.3, -0.25) is 9.59 Å². The lowest BCUT2D eigenvalue weighted by Gasteiger charge is -2.69. The number of carbonyl (C=O) groups excluding carboxylic acids is 5. The molecule has 3 saturated carbocycles. The van der Waals surface area contributed by atoms with Gasteiger partial charge in [-0.25, -0.2) is 14.4 Å². The normalized spacial score (nSPS) is 35.4. The smallest absolute Gasteiger partial charge is 0.408 e. The van der Waals surface area contributed by atoms with Crippen LogP contribution in [-0.4, -0.2) is 114 Å². The summed E-state index contributed by atoms with van der Waals surface area (Å²) in [5.74, 6) is -6.02. The highest BCUT2D eigenvalue weighted by Gasteiger charge is 2.79. The van der Waals surface area contributed by atoms with Crippen molar-refractivity contribution in [3.63, 3.8) is 0 Å². The molecule has 15 nitrogen and oxygen atoms in total. The van der Waals surface area contributed by atoms with Crippen LogP contribution >= 0.6 is 0 Å². The molecule has 15 heteroatoms. The summed E-state index contributed by atoms with van der Waals surface area (Å²) in [7, 11) is 2.83. The van der Waals surface area contributed by atoms with Gasteiger partial charge >= 0.3 is 24.0 Å². The van der Waals surface area contributed by atoms with E-state index in [0.29, 0.717) is 5.56 Å². The van der Waals surface area contributed by atoms with Gasteiger partial charge in [0.1, 0.15) is 35.6 Å². The number of benzene rings is 2. The van der Waals surface area contributed by atoms with Crippen LogP contribution in [-0.2, 0) is 47.5 Å². The number of carbonyl (C=O) groups is 5. The summed E-state index contributed by atoms with van der Waals surface area (Å²) in [6, 6.07) is 15.1. The molecule has 60 heavy (non-hydrogen) atoms. The summed E-state index contributed by atoms with van der Waals surface area (Å²) < 4.78 is 42.5. The van der Waals surface area contributed by atoms with Crippen LogP contribution in [0.5, 0.6) is 0 Å². The van der Waals surface area contributed by atoms with Gasteiger partial charge in [0, 0.05) is 45.3 Å². The standard InChI is InChI=1S/C45H59NO14/c1-24-28(57-39(51)33(48)32(26-17-13-11-14-18-26)46-40(52)60-41(3,4)5)22-45(53)37(58-38(50)27-19-15-12-16-20-27)35-43(8,36(49)34(55-10)31(24)42(45,6)7)29(54-9)21-30-44(35,23-56-30)59-25(2)47/h11-20,24,28-35,37,48,53H,21-23H2,1-10H3,(H,46,52)/t24?,28-,29-,30+,31?,32-,33+,34+,35-,37-,43+,44-,45+/m0/s1. The Hall–Kier alpha value is -4.41. The molecule has 13 atom stereocenters. The van der Waals surface area contributed by atoms with Crippen molar-refractivity contribution in [2.45, 2.75) is 128 Å². The van der Waals surface area contributed by atoms with Crippen LogP contribution in [0.1, 0.15) is 90.2 Å². The summed E-state index contributed by atoms with van der Waals surface area (Å²) in [6.07, 6.45) is -8.90. The Labute approximate surface area is 350 Å². The van der Waals surface area contributed by atoms with Crippen LogP contribution in [0.2, 0.25) is 0 Å². The highest BCUT2D eigenvalue weighted by Crippen LogP contribution is 2.65. The number of ether oxygens (including phenoxy) is 7. The molecular weight excluding hydrogens is 778 g/mol. The van der Waals surface area contributed by atoms with E-state index in [9.17, 15) is 29.4 Å². The Balaban J connectivity index is 1.49. The highest BCUT2D eigenvalue weighted by molar-refractivity contribution is 5.92. The third-order valence-corrected chi connectivity index (χ3v) is 13.6. The fourth-order valence-corrected chi connectivity index (χ4v) is 10.7. The zero-order chi connectivity index (χ0) is 44.2. The first-order valence-corrected chi connectivity index (χ1v) is 20.4. The monoisotopic (exact) mass is 837 g/mol. The number of Topliss-reactive ketones (excluding diaryl/α,β-unsaturated/α-hetero) is 1. The van der Waals surface area contributed by atoms with Crippen molar-refractivity contribution in [3.8, 4) is 0 Å². The van der Waals surface area contributed by atoms with Crippen LogP contribution < -0.4 is 5.32 Å². The van der Waals surface area contributed by atoms with Crippen LogP contribution in [0.25, 0.3) is 0 Å². The lowest BCUT2D eigenvalue weighted by molar-refractivity contribution is -0.357. The van der Waals surface area contributed by atoms with Crippen molar-refractivity contribution in [2.75, 3.05) is 20.8 Å². The zero-order valence-corrected chi connectivity index (χ0v) is 36.0. The molecule has 0 aromatic heterocycles. The quantitative estimate of drug-likeness (QED) is 0.223. The average Bonchev–Trinajstić information content (AvgIpc) is 3.18. The first-order valence-electron chi connectivity index (χ1n) is 20.4. The molecule has 4 fully saturated rings. The van der Waals surface area contributed by atoms with Gasteiger partial charge in [0.25, 0.3) is 0 Å². The topological polar surface area (TPSA) is 202 Å². The van der Waals surface area contributed by atoms with E-state index < -0.39 is 118 Å². The van der Waals surface area contributed by atoms with Gasteiger partial charge in [0.2, 0.25) is 0 Å². The molecule has 2 bridgehead atoms. The molecule has 328 valence electrons. The fourth-order valence-electron chi connectivity index (χ4n) is 10.7. The molecule has 0 spiro atoms. The highest BCUT2D eigenvalue weighted by atomic mass is 16.6. The molecule has 0 radical (unpaired) electrons. The largest absolute Gasteiger partial charge is 0.460 e. The minimum Gasteiger partial charge on any atom is -0.460 e. The Morgan fingerprint density at radius 2 is 1.55 bits per heavy atom. The van der Waals surface area contributed by atoms with Gasteiger partial charge in [-0.05, 0) is 51.3 Å². The number of methoxy groups -OCH3 is 2. The van der Waals surface area contributed by atoms with Crippen LogP contribution in [0.4, 0.5) is 4.79 Å². The summed E-state index contributed by atoms with van der Waals surface area (Å²) in [5.41, 5.74) is -7.07. The maximum Gasteiger partial charge on any atom is 0.408 e. The van der Waals surface area contributed by atoms with E-state index in [1.807, 2.05) is 0 Å². The van der Waals surface area contributed by atoms with Gasteiger partial charge in [0.15, 0.2) is 17.5 Å². The van der Waals surface area contributed by atoms with E-state index in [1.54, 1.807) is 109 Å². The molecular formula is C45H59NO14. The van der Waals surface area contributed by atoms with Crippen molar-refractivity contribution in [2.24, 2.45) is 28.6 Å². The van der Waals surface area contributed by atoms with E-state index in [1.165, 1.54) is 21.1 Å². The fraction of sp³-hybridized carbons (Fsp3) is 0.622. The third kappa shape index (κ3) is 7.61. The molecule has 1 saturated heterocycles. The lowest BCUT2D eigenvalue weighted by atomic mass is 9.42. The minimum atomic E-state index is -2.16. The second kappa shape index (κ2) is 16.5. The predicted molar refractivity (Wildman–Crippen MR) is 213 cm³/mol. The number of nitrogens with one attached hydrogen (secondary N) is 1. The van der Waals surface area contributed by atoms with Crippen molar-refractivity contribution in [1.82, 2.24) is 5.32 Å². The van der Waals surface area contributed by atoms with Gasteiger partial charge in [-0.2, -0.15) is 0 Å². The average molecular weight is 838 g/mol. The summed E-state index contributed by atoms with van der Waals surface area (Å²) in [4.78, 5) is 70.2. The summed E-state index contributed by atoms with van der Waals surface area (Å²) in [6.45, 7) is 13.0. The molecule has 1 heterocycles. The molecule has 6 rings (SSSR count). The molecule has 4 aliphatic rings. The number of aliphatic hydroxyl groups excluding tert-OH is 1. The van der Waals surface area contributed by atoms with E-state index in [4.69, 9.17) is 33.2 Å². The Morgan fingerprint density at radius 3 is 2.08 bits per heavy atom. The number of amides is 1. The number of rotatable bonds is 10. The first kappa shape index (κ1) is 45.1. The Bertz CT molecular complexity index is 1930. The maximum absolute atomic E-state index is 15.6. The van der Waals surface area contributed by atoms with E-state index in [0.717, 1.165) is 0 Å². The van der Waals surface area contributed by atoms with Crippen molar-refractivity contribution >= 4 is 29.8 Å². The SMILES string of the molecule is CO[C@H]1C[C@H]2OC[C@@]2(OC(C)=O)[C@H]2[C@H](OC(=O)c3ccccc3)[C@]3(O)C[C@H](OC(=O)[C@H](O)[C@@H](NC(=O)OC(C)(C)C)c4ccccc4)C(C)C([C@@H](OC)C(=O)[C@]12C)C3(C)C. The predicted octanol–water partition coefficient (Wildman–Crippen LogP) is 4.50. The van der Waals surface area contributed by atoms with Crippen LogP contribution in [0.3, 0.4) is 0 Å². The van der Waals surface area contributed by atoms with Crippen molar-refractivity contribution in [3.05, 3.63) is 71.8 Å². The van der Waals surface area contributed by atoms with Crippen LogP contribution in [0, 0.1) is 28.6 Å². The zero-order valence-electron chi connectivity index (χ0n) is 36.0. The lowest BCUT2D eigenvalue weighted by Crippen LogP contribution is -2.83. The number of hydrogen-bond acceptors (Lipinski definition) is 14. The number of esters is 3. The second-order valence-electron chi connectivity index (χ2n) is 18.5. The molecule has 2 unspecified atom stereocenters. The molecule has 2 aromatic rings. The number of hydrogen-bond donors (Lipinski definition) is 3. The van der Waals surface area contributed by atoms with E-state index in [-0.39, 0.29) is 25.0 Å². The molecule has 2 aromatic carbocycles. The summed E-state index contributed by atoms with van der Waals surface area (Å²) in [5, 5.41) is 28.0. The molecule has 3 aliphatic carbocycles. The second-order valence-corrected chi connectivity index (χ2v) is 18.5. The minimum absolute atomic E-state index is 0.137. The Kier molecular flexibility index (Phi) is 12.4. The van der Waals surface area contributed by atoms with Gasteiger partial charge in [-0.1, -0.05) is 69.3 Å². The number of ketones is 1. The molecule has 1 amide bonds. The third-order valence-electron chi connectivity index (χ3n) is 13.6. The molecule has 3 N–H and O–H groups in total. The Morgan fingerprint density at radius 1 is 0.933 bits per heavy atom. The number of aliphatic hydroxyl groups is 2. The molecule has 1 aliphatic heterocycles. The maximum atomic E-state index is 15.6. The number of fused-ring (bicyclic) bond motifs is 5. The van der Waals surface area contributed by atoms with Gasteiger partial charge < -0.3 is 48.7 Å². The van der Waals surface area contributed by atoms with Gasteiger partial charge in [0.05, 0.1) is 35.6 Å². The van der Waals surface area contributed by atoms with E-state index in [2.05, 4.69) is 5.32 Å². The first-order chi connectivity index (χ1) is 28.1. The number of alkyl carbamates (subject to hydrolysis) is 1. The van der Waals surface area contributed by atoms with E-state index >= 15 is 4.79 Å². The van der Waals surface area contributed by atoms with Crippen molar-refractivity contribution < 1.29 is 67.3 Å².